The van der Waals surface area contributed by atoms with Gasteiger partial charge in [-0.15, -0.1) is 0 Å². The fourth-order valence-corrected chi connectivity index (χ4v) is 5.43. The third-order valence-electron chi connectivity index (χ3n) is 5.45. The van der Waals surface area contributed by atoms with E-state index in [4.69, 9.17) is 0 Å². The maximum Gasteiger partial charge on any atom is 0.245 e. The first-order valence-corrected chi connectivity index (χ1v) is 10.4. The summed E-state index contributed by atoms with van der Waals surface area (Å²) in [6, 6.07) is 7.67. The topological polar surface area (TPSA) is 86.8 Å². The van der Waals surface area contributed by atoms with Crippen molar-refractivity contribution >= 4 is 21.8 Å². The van der Waals surface area contributed by atoms with Gasteiger partial charge in [0, 0.05) is 26.2 Å². The van der Waals surface area contributed by atoms with E-state index in [0.717, 1.165) is 0 Å². The zero-order valence-electron chi connectivity index (χ0n) is 15.1. The van der Waals surface area contributed by atoms with Crippen molar-refractivity contribution < 1.29 is 18.0 Å². The maximum atomic E-state index is 12.8. The van der Waals surface area contributed by atoms with Crippen LogP contribution in [0.4, 0.5) is 0 Å². The molecule has 2 atom stereocenters. The number of hydrogen-bond donors (Lipinski definition) is 1. The number of carbonyl (C=O) groups excluding carboxylic acids is 2. The molecule has 0 aromatic heterocycles. The lowest BCUT2D eigenvalue weighted by atomic mass is 9.84. The molecule has 2 saturated heterocycles. The number of rotatable bonds is 5. The summed E-state index contributed by atoms with van der Waals surface area (Å²) < 4.78 is 27.0. The normalized spacial score (nSPS) is 26.2. The Hall–Kier alpha value is -1.93. The minimum atomic E-state index is -3.63. The van der Waals surface area contributed by atoms with Crippen molar-refractivity contribution in [2.75, 3.05) is 26.2 Å². The average molecular weight is 379 g/mol. The van der Waals surface area contributed by atoms with Crippen LogP contribution in [0.2, 0.25) is 0 Å². The van der Waals surface area contributed by atoms with E-state index in [9.17, 15) is 18.0 Å². The van der Waals surface area contributed by atoms with Gasteiger partial charge in [-0.1, -0.05) is 18.2 Å². The summed E-state index contributed by atoms with van der Waals surface area (Å²) in [5.41, 5.74) is -0.810. The Bertz CT molecular complexity index is 792. The average Bonchev–Trinajstić information content (AvgIpc) is 3.22. The molecule has 3 rings (SSSR count). The van der Waals surface area contributed by atoms with Gasteiger partial charge in [0.1, 0.15) is 6.04 Å². The highest BCUT2D eigenvalue weighted by Gasteiger charge is 2.54. The molecule has 2 heterocycles. The largest absolute Gasteiger partial charge is 0.344 e. The lowest BCUT2D eigenvalue weighted by Crippen LogP contribution is -2.44. The van der Waals surface area contributed by atoms with E-state index in [-0.39, 0.29) is 29.8 Å². The summed E-state index contributed by atoms with van der Waals surface area (Å²) >= 11 is 0. The summed E-state index contributed by atoms with van der Waals surface area (Å²) in [5, 5.41) is 2.80. The van der Waals surface area contributed by atoms with E-state index in [0.29, 0.717) is 25.9 Å². The molecule has 2 amide bonds. The minimum absolute atomic E-state index is 0.0930. The summed E-state index contributed by atoms with van der Waals surface area (Å²) in [6.45, 7) is 5.39. The molecule has 0 bridgehead atoms. The van der Waals surface area contributed by atoms with Crippen molar-refractivity contribution in [3.05, 3.63) is 30.3 Å². The van der Waals surface area contributed by atoms with Crippen LogP contribution in [0.3, 0.4) is 0 Å². The number of nitrogens with one attached hydrogen (secondary N) is 1. The molecule has 1 aromatic rings. The molecule has 2 aliphatic rings. The first-order valence-electron chi connectivity index (χ1n) is 8.99. The SMILES string of the molecule is CCN(CC)C(=O)[C@@H]1C[C@]2(CCN(S(=O)(=O)c3ccccc3)C2)C(=O)N1. The summed E-state index contributed by atoms with van der Waals surface area (Å²) in [7, 11) is -3.63. The molecule has 2 aliphatic heterocycles. The van der Waals surface area contributed by atoms with Gasteiger partial charge in [-0.2, -0.15) is 4.31 Å². The zero-order valence-corrected chi connectivity index (χ0v) is 16.0. The van der Waals surface area contributed by atoms with Gasteiger partial charge in [-0.05, 0) is 38.8 Å². The predicted molar refractivity (Wildman–Crippen MR) is 96.7 cm³/mol. The molecule has 0 aliphatic carbocycles. The second kappa shape index (κ2) is 7.00. The third kappa shape index (κ3) is 3.12. The van der Waals surface area contributed by atoms with Gasteiger partial charge in [-0.25, -0.2) is 8.42 Å². The molecule has 26 heavy (non-hydrogen) atoms. The highest BCUT2D eigenvalue weighted by molar-refractivity contribution is 7.89. The van der Waals surface area contributed by atoms with Crippen molar-refractivity contribution in [2.45, 2.75) is 37.6 Å². The van der Waals surface area contributed by atoms with Gasteiger partial charge in [-0.3, -0.25) is 9.59 Å². The van der Waals surface area contributed by atoms with Crippen molar-refractivity contribution in [3.8, 4) is 0 Å². The predicted octanol–water partition coefficient (Wildman–Crippen LogP) is 0.824. The number of sulfonamides is 1. The fourth-order valence-electron chi connectivity index (χ4n) is 3.88. The second-order valence-corrected chi connectivity index (χ2v) is 8.86. The van der Waals surface area contributed by atoms with Crippen LogP contribution in [-0.2, 0) is 19.6 Å². The summed E-state index contributed by atoms with van der Waals surface area (Å²) in [4.78, 5) is 27.1. The summed E-state index contributed by atoms with van der Waals surface area (Å²) in [5.74, 6) is -0.307. The fraction of sp³-hybridized carbons (Fsp3) is 0.556. The van der Waals surface area contributed by atoms with Gasteiger partial charge in [0.25, 0.3) is 0 Å². The van der Waals surface area contributed by atoms with Gasteiger partial charge >= 0.3 is 0 Å². The number of likely N-dealkylation sites (N-methyl/N-ethyl adjacent to an activating group) is 1. The minimum Gasteiger partial charge on any atom is -0.344 e. The molecule has 2 fully saturated rings. The first kappa shape index (κ1) is 18.8. The van der Waals surface area contributed by atoms with E-state index in [1.54, 1.807) is 35.2 Å². The lowest BCUT2D eigenvalue weighted by molar-refractivity contribution is -0.134. The van der Waals surface area contributed by atoms with Gasteiger partial charge in [0.05, 0.1) is 10.3 Å². The number of carbonyl (C=O) groups is 2. The molecular weight excluding hydrogens is 354 g/mol. The Morgan fingerprint density at radius 3 is 2.54 bits per heavy atom. The van der Waals surface area contributed by atoms with Crippen molar-refractivity contribution in [1.82, 2.24) is 14.5 Å². The lowest BCUT2D eigenvalue weighted by Gasteiger charge is -2.23. The molecule has 1 spiro atoms. The van der Waals surface area contributed by atoms with E-state index < -0.39 is 21.5 Å². The van der Waals surface area contributed by atoms with E-state index in [1.807, 2.05) is 13.8 Å². The molecular formula is C18H25N3O4S. The number of amides is 2. The van der Waals surface area contributed by atoms with E-state index in [2.05, 4.69) is 5.32 Å². The van der Waals surface area contributed by atoms with Crippen molar-refractivity contribution in [1.29, 1.82) is 0 Å². The Kier molecular flexibility index (Phi) is 5.07. The molecule has 0 unspecified atom stereocenters. The maximum absolute atomic E-state index is 12.8. The zero-order chi connectivity index (χ0) is 18.9. The second-order valence-electron chi connectivity index (χ2n) is 6.92. The first-order chi connectivity index (χ1) is 12.3. The van der Waals surface area contributed by atoms with Crippen molar-refractivity contribution in [2.24, 2.45) is 5.41 Å². The molecule has 1 N–H and O–H groups in total. The Balaban J connectivity index is 1.77. The Labute approximate surface area is 154 Å². The van der Waals surface area contributed by atoms with Crippen LogP contribution in [-0.4, -0.2) is 61.7 Å². The molecule has 7 nitrogen and oxygen atoms in total. The van der Waals surface area contributed by atoms with Crippen LogP contribution in [0, 0.1) is 5.41 Å². The highest BCUT2D eigenvalue weighted by Crippen LogP contribution is 2.41. The number of nitrogens with zero attached hydrogens (tertiary/aromatic N) is 2. The smallest absolute Gasteiger partial charge is 0.245 e. The Morgan fingerprint density at radius 2 is 1.92 bits per heavy atom. The molecule has 0 radical (unpaired) electrons. The van der Waals surface area contributed by atoms with Crippen LogP contribution in [0.25, 0.3) is 0 Å². The van der Waals surface area contributed by atoms with E-state index >= 15 is 0 Å². The van der Waals surface area contributed by atoms with Crippen LogP contribution in [0.15, 0.2) is 35.2 Å². The van der Waals surface area contributed by atoms with Crippen LogP contribution in [0.5, 0.6) is 0 Å². The Morgan fingerprint density at radius 1 is 1.27 bits per heavy atom. The standard InChI is InChI=1S/C18H25N3O4S/c1-3-20(4-2)16(22)15-12-18(17(23)19-15)10-11-21(13-18)26(24,25)14-8-6-5-7-9-14/h5-9,15H,3-4,10-13H2,1-2H3,(H,19,23)/t15-,18-/m0/s1. The quantitative estimate of drug-likeness (QED) is 0.821. The monoisotopic (exact) mass is 379 g/mol. The number of benzene rings is 1. The van der Waals surface area contributed by atoms with Gasteiger partial charge in [0.2, 0.25) is 21.8 Å². The van der Waals surface area contributed by atoms with Crippen molar-refractivity contribution in [3.63, 3.8) is 0 Å². The molecule has 8 heteroatoms. The van der Waals surface area contributed by atoms with Crippen LogP contribution < -0.4 is 5.32 Å². The van der Waals surface area contributed by atoms with Gasteiger partial charge in [0.15, 0.2) is 0 Å². The molecule has 0 saturated carbocycles. The van der Waals surface area contributed by atoms with Crippen LogP contribution in [0.1, 0.15) is 26.7 Å². The highest BCUT2D eigenvalue weighted by atomic mass is 32.2. The van der Waals surface area contributed by atoms with Crippen LogP contribution >= 0.6 is 0 Å². The van der Waals surface area contributed by atoms with Gasteiger partial charge < -0.3 is 10.2 Å². The third-order valence-corrected chi connectivity index (χ3v) is 7.31. The molecule has 142 valence electrons. The molecule has 1 aromatic carbocycles. The summed E-state index contributed by atoms with van der Waals surface area (Å²) in [6.07, 6.45) is 0.787. The van der Waals surface area contributed by atoms with E-state index in [1.165, 1.54) is 4.31 Å². The number of hydrogen-bond acceptors (Lipinski definition) is 4.